The molecule has 174 valence electrons. The van der Waals surface area contributed by atoms with Gasteiger partial charge in [0.05, 0.1) is 0 Å². The van der Waals surface area contributed by atoms with E-state index in [1.54, 1.807) is 0 Å². The Balaban J connectivity index is 0.00000259. The molecule has 0 aliphatic carbocycles. The maximum absolute atomic E-state index is 7.74. The number of anilines is 1. The van der Waals surface area contributed by atoms with Gasteiger partial charge in [-0.3, -0.25) is 10.3 Å². The van der Waals surface area contributed by atoms with E-state index in [1.165, 1.54) is 11.3 Å². The molecule has 2 aliphatic heterocycles. The molecule has 5 rings (SSSR count). The van der Waals surface area contributed by atoms with E-state index in [9.17, 15) is 0 Å². The molecule has 2 aliphatic rings. The number of nitrogens with zero attached hydrogens (tertiary/aromatic N) is 5. The maximum Gasteiger partial charge on any atom is 0.249 e. The minimum atomic E-state index is -0.0970. The second kappa shape index (κ2) is 10.2. The van der Waals surface area contributed by atoms with Crippen LogP contribution >= 0.6 is 12.4 Å². The van der Waals surface area contributed by atoms with Gasteiger partial charge in [-0.2, -0.15) is 4.98 Å². The van der Waals surface area contributed by atoms with Crippen LogP contribution in [0.25, 0.3) is 11.4 Å². The molecule has 9 heteroatoms. The van der Waals surface area contributed by atoms with E-state index in [2.05, 4.69) is 74.5 Å². The van der Waals surface area contributed by atoms with Crippen LogP contribution in [-0.2, 0) is 6.54 Å². The van der Waals surface area contributed by atoms with Gasteiger partial charge in [0.25, 0.3) is 0 Å². The Bertz CT molecular complexity index is 1050. The third-order valence-corrected chi connectivity index (χ3v) is 6.40. The van der Waals surface area contributed by atoms with Crippen LogP contribution in [-0.4, -0.2) is 58.6 Å². The second-order valence-corrected chi connectivity index (χ2v) is 8.49. The molecule has 1 atom stereocenters. The highest BCUT2D eigenvalue weighted by atomic mass is 35.5. The summed E-state index contributed by atoms with van der Waals surface area (Å²) in [5.74, 6) is 1.17. The zero-order valence-electron chi connectivity index (χ0n) is 18.6. The molecule has 2 saturated heterocycles. The Morgan fingerprint density at radius 3 is 2.42 bits per heavy atom. The van der Waals surface area contributed by atoms with Crippen LogP contribution in [0.1, 0.15) is 30.3 Å². The van der Waals surface area contributed by atoms with Gasteiger partial charge in [-0.25, -0.2) is 0 Å². The monoisotopic (exact) mass is 467 g/mol. The fourth-order valence-corrected chi connectivity index (χ4v) is 4.63. The number of halogens is 1. The Morgan fingerprint density at radius 1 is 1.00 bits per heavy atom. The zero-order chi connectivity index (χ0) is 21.9. The molecule has 0 spiro atoms. The van der Waals surface area contributed by atoms with E-state index in [-0.39, 0.29) is 24.4 Å². The van der Waals surface area contributed by atoms with Gasteiger partial charge in [0.15, 0.2) is 5.96 Å². The second-order valence-electron chi connectivity index (χ2n) is 8.49. The number of rotatable bonds is 5. The number of nitrogens with one attached hydrogen (secondary N) is 1. The molecule has 2 aromatic carbocycles. The molecule has 0 saturated carbocycles. The standard InChI is InChI=1S/C24H29N7O.ClH/c25-24(26)31-12-4-7-21(31)23-27-22(28-32-23)19-8-10-20(11-9-19)30-15-13-29(14-16-30)17-18-5-2-1-3-6-18;/h1-3,5-6,8-11,21H,4,7,12-17H2,(H3,25,26);1H/t21-;/m0./s1. The van der Waals surface area contributed by atoms with Crippen molar-refractivity contribution in [3.63, 3.8) is 0 Å². The summed E-state index contributed by atoms with van der Waals surface area (Å²) >= 11 is 0. The van der Waals surface area contributed by atoms with Crippen LogP contribution in [0.3, 0.4) is 0 Å². The fraction of sp³-hybridized carbons (Fsp3) is 0.375. The van der Waals surface area contributed by atoms with Crippen molar-refractivity contribution < 1.29 is 4.52 Å². The quantitative estimate of drug-likeness (QED) is 0.437. The van der Waals surface area contributed by atoms with E-state index in [4.69, 9.17) is 15.7 Å². The molecule has 2 fully saturated rings. The summed E-state index contributed by atoms with van der Waals surface area (Å²) in [6.07, 6.45) is 1.84. The minimum absolute atomic E-state index is 0. The smallest absolute Gasteiger partial charge is 0.249 e. The minimum Gasteiger partial charge on any atom is -0.370 e. The van der Waals surface area contributed by atoms with Gasteiger partial charge < -0.3 is 20.1 Å². The molecule has 33 heavy (non-hydrogen) atoms. The lowest BCUT2D eigenvalue weighted by Crippen LogP contribution is -2.45. The third kappa shape index (κ3) is 5.12. The number of hydrogen-bond donors (Lipinski definition) is 2. The Hall–Kier alpha value is -3.10. The summed E-state index contributed by atoms with van der Waals surface area (Å²) in [5, 5.41) is 11.9. The van der Waals surface area contributed by atoms with Gasteiger partial charge in [0.1, 0.15) is 6.04 Å². The summed E-state index contributed by atoms with van der Waals surface area (Å²) < 4.78 is 5.52. The van der Waals surface area contributed by atoms with Gasteiger partial charge in [-0.15, -0.1) is 12.4 Å². The Labute approximate surface area is 200 Å². The van der Waals surface area contributed by atoms with Crippen LogP contribution in [0.4, 0.5) is 5.69 Å². The van der Waals surface area contributed by atoms with E-state index in [0.29, 0.717) is 11.7 Å². The first kappa shape index (κ1) is 23.1. The van der Waals surface area contributed by atoms with E-state index >= 15 is 0 Å². The lowest BCUT2D eigenvalue weighted by molar-refractivity contribution is 0.250. The molecule has 0 amide bonds. The lowest BCUT2D eigenvalue weighted by atomic mass is 10.1. The molecule has 3 N–H and O–H groups in total. The largest absolute Gasteiger partial charge is 0.370 e. The number of aromatic nitrogens is 2. The van der Waals surface area contributed by atoms with Crippen molar-refractivity contribution in [2.45, 2.75) is 25.4 Å². The van der Waals surface area contributed by atoms with Crippen molar-refractivity contribution >= 4 is 24.1 Å². The number of guanidine groups is 1. The average molecular weight is 468 g/mol. The first-order chi connectivity index (χ1) is 15.7. The number of piperazine rings is 1. The van der Waals surface area contributed by atoms with Gasteiger partial charge in [0, 0.05) is 50.5 Å². The lowest BCUT2D eigenvalue weighted by Gasteiger charge is -2.36. The van der Waals surface area contributed by atoms with Gasteiger partial charge in [-0.05, 0) is 42.7 Å². The molecule has 3 heterocycles. The van der Waals surface area contributed by atoms with Crippen LogP contribution in [0.2, 0.25) is 0 Å². The number of benzene rings is 2. The third-order valence-electron chi connectivity index (χ3n) is 6.40. The highest BCUT2D eigenvalue weighted by molar-refractivity contribution is 5.85. The van der Waals surface area contributed by atoms with Crippen LogP contribution in [0.15, 0.2) is 59.1 Å². The van der Waals surface area contributed by atoms with Crippen LogP contribution in [0.5, 0.6) is 0 Å². The molecule has 0 bridgehead atoms. The fourth-order valence-electron chi connectivity index (χ4n) is 4.63. The molecule has 1 aromatic heterocycles. The van der Waals surface area contributed by atoms with E-state index in [0.717, 1.165) is 57.7 Å². The first-order valence-electron chi connectivity index (χ1n) is 11.2. The van der Waals surface area contributed by atoms with Crippen LogP contribution in [0, 0.1) is 5.41 Å². The Kier molecular flexibility index (Phi) is 7.15. The van der Waals surface area contributed by atoms with Gasteiger partial charge in [-0.1, -0.05) is 35.5 Å². The molecule has 0 unspecified atom stereocenters. The predicted octanol–water partition coefficient (Wildman–Crippen LogP) is 3.51. The summed E-state index contributed by atoms with van der Waals surface area (Å²) in [4.78, 5) is 11.3. The summed E-state index contributed by atoms with van der Waals surface area (Å²) in [5.41, 5.74) is 9.21. The first-order valence-corrected chi connectivity index (χ1v) is 11.2. The van der Waals surface area contributed by atoms with E-state index in [1.807, 2.05) is 4.90 Å². The Morgan fingerprint density at radius 2 is 1.73 bits per heavy atom. The van der Waals surface area contributed by atoms with Crippen molar-refractivity contribution in [2.24, 2.45) is 5.73 Å². The molecule has 3 aromatic rings. The average Bonchev–Trinajstić information content (AvgIpc) is 3.50. The number of nitrogens with two attached hydrogens (primary N) is 1. The van der Waals surface area contributed by atoms with Crippen molar-refractivity contribution in [1.29, 1.82) is 5.41 Å². The topological polar surface area (TPSA) is 98.5 Å². The van der Waals surface area contributed by atoms with E-state index < -0.39 is 0 Å². The van der Waals surface area contributed by atoms with Gasteiger partial charge >= 0.3 is 0 Å². The molecule has 0 radical (unpaired) electrons. The summed E-state index contributed by atoms with van der Waals surface area (Å²) in [6.45, 7) is 5.90. The summed E-state index contributed by atoms with van der Waals surface area (Å²) in [7, 11) is 0. The van der Waals surface area contributed by atoms with Crippen molar-refractivity contribution in [2.75, 3.05) is 37.6 Å². The molecular weight excluding hydrogens is 438 g/mol. The zero-order valence-corrected chi connectivity index (χ0v) is 19.4. The summed E-state index contributed by atoms with van der Waals surface area (Å²) in [6, 6.07) is 18.9. The normalized spacial score (nSPS) is 18.8. The SMILES string of the molecule is Cl.N=C(N)N1CCC[C@H]1c1nc(-c2ccc(N3CCN(Cc4ccccc4)CC3)cc2)no1. The maximum atomic E-state index is 7.74. The molecule has 8 nitrogen and oxygen atoms in total. The van der Waals surface area contributed by atoms with Crippen molar-refractivity contribution in [1.82, 2.24) is 19.9 Å². The highest BCUT2D eigenvalue weighted by Gasteiger charge is 2.31. The van der Waals surface area contributed by atoms with Crippen molar-refractivity contribution in [3.05, 3.63) is 66.1 Å². The van der Waals surface area contributed by atoms with Crippen molar-refractivity contribution in [3.8, 4) is 11.4 Å². The highest BCUT2D eigenvalue weighted by Crippen LogP contribution is 2.32. The predicted molar refractivity (Wildman–Crippen MR) is 132 cm³/mol. The number of hydrogen-bond acceptors (Lipinski definition) is 6. The van der Waals surface area contributed by atoms with Crippen LogP contribution < -0.4 is 10.6 Å². The number of likely N-dealkylation sites (tertiary alicyclic amines) is 1. The molecular formula is C24H30ClN7O. The van der Waals surface area contributed by atoms with Gasteiger partial charge in [0.2, 0.25) is 11.7 Å².